The summed E-state index contributed by atoms with van der Waals surface area (Å²) in [6.45, 7) is 1.30. The number of hydrogen-bond donors (Lipinski definition) is 1. The molecule has 164 valence electrons. The van der Waals surface area contributed by atoms with Gasteiger partial charge in [-0.3, -0.25) is 9.52 Å². The second kappa shape index (κ2) is 8.20. The summed E-state index contributed by atoms with van der Waals surface area (Å²) in [5.74, 6) is 1.01. The minimum Gasteiger partial charge on any atom is -0.486 e. The Bertz CT molecular complexity index is 1270. The average Bonchev–Trinajstić information content (AvgIpc) is 2.81. The van der Waals surface area contributed by atoms with Gasteiger partial charge >= 0.3 is 0 Å². The highest BCUT2D eigenvalue weighted by atomic mass is 32.2. The molecule has 2 aliphatic rings. The Morgan fingerprint density at radius 1 is 0.875 bits per heavy atom. The predicted molar refractivity (Wildman–Crippen MR) is 121 cm³/mol. The van der Waals surface area contributed by atoms with Crippen molar-refractivity contribution in [2.24, 2.45) is 0 Å². The van der Waals surface area contributed by atoms with Crippen molar-refractivity contribution in [2.75, 3.05) is 22.8 Å². The van der Waals surface area contributed by atoms with Crippen molar-refractivity contribution >= 4 is 27.3 Å². The number of nitrogens with one attached hydrogen (secondary N) is 1. The fourth-order valence-corrected chi connectivity index (χ4v) is 5.03. The van der Waals surface area contributed by atoms with Crippen molar-refractivity contribution in [3.8, 4) is 11.5 Å². The van der Waals surface area contributed by atoms with E-state index in [-0.39, 0.29) is 10.8 Å². The smallest absolute Gasteiger partial charge is 0.262 e. The molecule has 0 aromatic heterocycles. The van der Waals surface area contributed by atoms with Crippen LogP contribution in [0.15, 0.2) is 71.6 Å². The molecule has 0 atom stereocenters. The number of carbonyl (C=O) groups excluding carboxylic acids is 1. The maximum absolute atomic E-state index is 12.9. The largest absolute Gasteiger partial charge is 0.486 e. The van der Waals surface area contributed by atoms with E-state index < -0.39 is 10.0 Å². The van der Waals surface area contributed by atoms with Gasteiger partial charge in [0.2, 0.25) is 5.91 Å². The first kappa shape index (κ1) is 20.4. The van der Waals surface area contributed by atoms with E-state index in [0.29, 0.717) is 49.8 Å². The molecule has 0 bridgehead atoms. The van der Waals surface area contributed by atoms with Crippen LogP contribution in [0.2, 0.25) is 0 Å². The molecule has 0 saturated carbocycles. The van der Waals surface area contributed by atoms with Crippen molar-refractivity contribution in [1.29, 1.82) is 0 Å². The van der Waals surface area contributed by atoms with E-state index in [1.165, 1.54) is 12.1 Å². The monoisotopic (exact) mass is 450 g/mol. The minimum atomic E-state index is -3.81. The molecule has 1 amide bonds. The van der Waals surface area contributed by atoms with Crippen LogP contribution in [0.4, 0.5) is 11.4 Å². The van der Waals surface area contributed by atoms with Crippen LogP contribution in [0.25, 0.3) is 0 Å². The van der Waals surface area contributed by atoms with E-state index in [4.69, 9.17) is 9.47 Å². The maximum atomic E-state index is 12.9. The molecular weight excluding hydrogens is 428 g/mol. The fraction of sp³-hybridized carbons (Fsp3) is 0.208. The summed E-state index contributed by atoms with van der Waals surface area (Å²) >= 11 is 0. The van der Waals surface area contributed by atoms with Crippen LogP contribution >= 0.6 is 0 Å². The SMILES string of the molecule is O=C1CCc2cc(NS(=O)(=O)c3ccc4c(c3)OCCO4)ccc2N1Cc1ccccc1. The molecular formula is C24H22N2O5S. The standard InChI is InChI=1S/C24H22N2O5S/c27-24-11-6-18-14-19(7-9-21(18)26(24)16-17-4-2-1-3-5-17)25-32(28,29)20-8-10-22-23(15-20)31-13-12-30-22/h1-5,7-10,14-15,25H,6,11-13,16H2. The normalized spacial score (nSPS) is 15.2. The van der Waals surface area contributed by atoms with Gasteiger partial charge in [-0.2, -0.15) is 0 Å². The summed E-state index contributed by atoms with van der Waals surface area (Å²) in [6, 6.07) is 19.6. The number of carbonyl (C=O) groups is 1. The van der Waals surface area contributed by atoms with Crippen LogP contribution in [0.1, 0.15) is 17.5 Å². The first-order chi connectivity index (χ1) is 15.5. The van der Waals surface area contributed by atoms with E-state index in [2.05, 4.69) is 4.72 Å². The van der Waals surface area contributed by atoms with E-state index >= 15 is 0 Å². The highest BCUT2D eigenvalue weighted by molar-refractivity contribution is 7.92. The number of ether oxygens (including phenoxy) is 2. The molecule has 0 saturated heterocycles. The molecule has 8 heteroatoms. The zero-order valence-corrected chi connectivity index (χ0v) is 18.1. The number of fused-ring (bicyclic) bond motifs is 2. The lowest BCUT2D eigenvalue weighted by atomic mass is 10.00. The highest BCUT2D eigenvalue weighted by Gasteiger charge is 2.25. The molecule has 3 aromatic carbocycles. The highest BCUT2D eigenvalue weighted by Crippen LogP contribution is 2.34. The van der Waals surface area contributed by atoms with Gasteiger partial charge in [0.15, 0.2) is 11.5 Å². The predicted octanol–water partition coefficient (Wildman–Crippen LogP) is 3.74. The zero-order valence-electron chi connectivity index (χ0n) is 17.3. The second-order valence-corrected chi connectivity index (χ2v) is 9.40. The lowest BCUT2D eigenvalue weighted by Crippen LogP contribution is -2.34. The molecule has 2 heterocycles. The molecule has 2 aliphatic heterocycles. The van der Waals surface area contributed by atoms with Gasteiger partial charge in [-0.1, -0.05) is 30.3 Å². The van der Waals surface area contributed by atoms with E-state index in [0.717, 1.165) is 16.8 Å². The van der Waals surface area contributed by atoms with E-state index in [9.17, 15) is 13.2 Å². The van der Waals surface area contributed by atoms with Crippen LogP contribution in [0.5, 0.6) is 11.5 Å². The summed E-state index contributed by atoms with van der Waals surface area (Å²) in [7, 11) is -3.81. The third kappa shape index (κ3) is 4.01. The van der Waals surface area contributed by atoms with Gasteiger partial charge in [0.25, 0.3) is 10.0 Å². The van der Waals surface area contributed by atoms with Gasteiger partial charge < -0.3 is 14.4 Å². The van der Waals surface area contributed by atoms with Gasteiger partial charge in [0.05, 0.1) is 11.4 Å². The Morgan fingerprint density at radius 3 is 2.47 bits per heavy atom. The van der Waals surface area contributed by atoms with Crippen LogP contribution in [0.3, 0.4) is 0 Å². The van der Waals surface area contributed by atoms with Gasteiger partial charge in [0.1, 0.15) is 13.2 Å². The molecule has 0 fully saturated rings. The van der Waals surface area contributed by atoms with Crippen LogP contribution in [-0.4, -0.2) is 27.5 Å². The summed E-state index contributed by atoms with van der Waals surface area (Å²) < 4.78 is 39.5. The molecule has 0 spiro atoms. The van der Waals surface area contributed by atoms with E-state index in [1.54, 1.807) is 29.2 Å². The van der Waals surface area contributed by atoms with Crippen molar-refractivity contribution in [3.05, 3.63) is 77.9 Å². The first-order valence-electron chi connectivity index (χ1n) is 10.4. The molecule has 0 unspecified atom stereocenters. The number of amides is 1. The molecule has 7 nitrogen and oxygen atoms in total. The Balaban J connectivity index is 1.39. The summed E-state index contributed by atoms with van der Waals surface area (Å²) in [4.78, 5) is 14.4. The fourth-order valence-electron chi connectivity index (χ4n) is 3.97. The molecule has 1 N–H and O–H groups in total. The lowest BCUT2D eigenvalue weighted by Gasteiger charge is -2.30. The Kier molecular flexibility index (Phi) is 5.22. The minimum absolute atomic E-state index is 0.0611. The third-order valence-corrected chi connectivity index (χ3v) is 6.92. The number of nitrogens with zero attached hydrogens (tertiary/aromatic N) is 1. The maximum Gasteiger partial charge on any atom is 0.262 e. The molecule has 0 radical (unpaired) electrons. The van der Waals surface area contributed by atoms with Crippen LogP contribution in [-0.2, 0) is 27.8 Å². The van der Waals surface area contributed by atoms with Crippen molar-refractivity contribution in [3.63, 3.8) is 0 Å². The number of hydrogen-bond acceptors (Lipinski definition) is 5. The van der Waals surface area contributed by atoms with Crippen LogP contribution in [0, 0.1) is 0 Å². The van der Waals surface area contributed by atoms with Crippen molar-refractivity contribution in [1.82, 2.24) is 0 Å². The number of anilines is 2. The topological polar surface area (TPSA) is 84.9 Å². The summed E-state index contributed by atoms with van der Waals surface area (Å²) in [5.41, 5.74) is 3.24. The van der Waals surface area contributed by atoms with Gasteiger partial charge in [-0.15, -0.1) is 0 Å². The number of aryl methyl sites for hydroxylation is 1. The lowest BCUT2D eigenvalue weighted by molar-refractivity contribution is -0.119. The summed E-state index contributed by atoms with van der Waals surface area (Å²) in [5, 5.41) is 0. The van der Waals surface area contributed by atoms with Gasteiger partial charge in [-0.25, -0.2) is 8.42 Å². The average molecular weight is 451 g/mol. The molecule has 3 aromatic rings. The molecule has 0 aliphatic carbocycles. The quantitative estimate of drug-likeness (QED) is 0.640. The Labute approximate surface area is 186 Å². The first-order valence-corrected chi connectivity index (χ1v) is 11.9. The molecule has 32 heavy (non-hydrogen) atoms. The number of benzene rings is 3. The van der Waals surface area contributed by atoms with Gasteiger partial charge in [-0.05, 0) is 47.9 Å². The zero-order chi connectivity index (χ0) is 22.1. The van der Waals surface area contributed by atoms with E-state index in [1.807, 2.05) is 30.3 Å². The number of sulfonamides is 1. The Morgan fingerprint density at radius 2 is 1.66 bits per heavy atom. The van der Waals surface area contributed by atoms with Crippen molar-refractivity contribution < 1.29 is 22.7 Å². The Hall–Kier alpha value is -3.52. The third-order valence-electron chi connectivity index (χ3n) is 5.54. The molecule has 5 rings (SSSR count). The summed E-state index contributed by atoms with van der Waals surface area (Å²) in [6.07, 6.45) is 0.956. The van der Waals surface area contributed by atoms with Gasteiger partial charge in [0, 0.05) is 23.9 Å². The van der Waals surface area contributed by atoms with Crippen LogP contribution < -0.4 is 19.1 Å². The number of rotatable bonds is 5. The second-order valence-electron chi connectivity index (χ2n) is 7.72. The van der Waals surface area contributed by atoms with Crippen molar-refractivity contribution in [2.45, 2.75) is 24.3 Å².